The lowest BCUT2D eigenvalue weighted by Crippen LogP contribution is -2.23. The minimum Gasteiger partial charge on any atom is -0.207 e. The van der Waals surface area contributed by atoms with E-state index in [1.165, 1.54) is 18.2 Å². The van der Waals surface area contributed by atoms with Gasteiger partial charge in [-0.3, -0.25) is 0 Å². The highest BCUT2D eigenvalue weighted by molar-refractivity contribution is 7.89. The van der Waals surface area contributed by atoms with Gasteiger partial charge < -0.3 is 0 Å². The molecule has 4 nitrogen and oxygen atoms in total. The van der Waals surface area contributed by atoms with E-state index < -0.39 is 10.0 Å². The summed E-state index contributed by atoms with van der Waals surface area (Å²) in [5.74, 6) is 0. The number of sulfonamides is 1. The van der Waals surface area contributed by atoms with E-state index in [4.69, 9.17) is 28.5 Å². The third-order valence-electron chi connectivity index (χ3n) is 2.76. The number of hydrogen-bond acceptors (Lipinski definition) is 3. The summed E-state index contributed by atoms with van der Waals surface area (Å²) in [5, 5.41) is 9.36. The van der Waals surface area contributed by atoms with E-state index in [1.54, 1.807) is 24.3 Å². The van der Waals surface area contributed by atoms with E-state index in [1.807, 2.05) is 6.07 Å². The molecule has 108 valence electrons. The first-order chi connectivity index (χ1) is 9.94. The normalized spacial score (nSPS) is 11.1. The molecule has 0 spiro atoms. The van der Waals surface area contributed by atoms with Gasteiger partial charge in [-0.25, -0.2) is 13.1 Å². The van der Waals surface area contributed by atoms with Gasteiger partial charge in [-0.05, 0) is 29.8 Å². The summed E-state index contributed by atoms with van der Waals surface area (Å²) in [4.78, 5) is -0.129. The fourth-order valence-electron chi connectivity index (χ4n) is 1.67. The summed E-state index contributed by atoms with van der Waals surface area (Å²) in [6, 6.07) is 12.9. The van der Waals surface area contributed by atoms with Gasteiger partial charge in [0.1, 0.15) is 4.90 Å². The molecule has 0 amide bonds. The van der Waals surface area contributed by atoms with Crippen molar-refractivity contribution < 1.29 is 8.42 Å². The molecule has 2 aromatic rings. The van der Waals surface area contributed by atoms with Gasteiger partial charge in [-0.2, -0.15) is 5.26 Å². The molecular formula is C14H10Cl2N2O2S. The molecule has 0 radical (unpaired) electrons. The second-order valence-electron chi connectivity index (χ2n) is 4.17. The molecule has 0 aliphatic heterocycles. The predicted molar refractivity (Wildman–Crippen MR) is 81.6 cm³/mol. The van der Waals surface area contributed by atoms with Gasteiger partial charge in [0, 0.05) is 11.6 Å². The highest BCUT2D eigenvalue weighted by Crippen LogP contribution is 2.23. The van der Waals surface area contributed by atoms with Crippen LogP contribution in [0.5, 0.6) is 0 Å². The fourth-order valence-corrected chi connectivity index (χ4v) is 3.40. The molecule has 21 heavy (non-hydrogen) atoms. The van der Waals surface area contributed by atoms with Crippen LogP contribution in [-0.4, -0.2) is 8.42 Å². The predicted octanol–water partition coefficient (Wildman–Crippen LogP) is 3.34. The van der Waals surface area contributed by atoms with Crippen molar-refractivity contribution in [3.8, 4) is 6.07 Å². The molecule has 0 unspecified atom stereocenters. The average Bonchev–Trinajstić information content (AvgIpc) is 2.47. The van der Waals surface area contributed by atoms with Crippen molar-refractivity contribution in [2.75, 3.05) is 0 Å². The van der Waals surface area contributed by atoms with Crippen LogP contribution in [0.1, 0.15) is 11.1 Å². The van der Waals surface area contributed by atoms with E-state index in [-0.39, 0.29) is 22.0 Å². The van der Waals surface area contributed by atoms with E-state index in [9.17, 15) is 8.42 Å². The van der Waals surface area contributed by atoms with E-state index in [0.29, 0.717) is 10.6 Å². The Morgan fingerprint density at radius 3 is 2.48 bits per heavy atom. The summed E-state index contributed by atoms with van der Waals surface area (Å²) < 4.78 is 26.9. The maximum atomic E-state index is 12.3. The van der Waals surface area contributed by atoms with Crippen LogP contribution in [0.4, 0.5) is 0 Å². The highest BCUT2D eigenvalue weighted by atomic mass is 35.5. The standard InChI is InChI=1S/C14H10Cl2N2O2S/c15-12-4-2-1-3-11(12)9-18-21(19,20)14-7-10(8-17)5-6-13(14)16/h1-7,18H,9H2. The van der Waals surface area contributed by atoms with Crippen molar-refractivity contribution in [2.24, 2.45) is 0 Å². The van der Waals surface area contributed by atoms with Crippen molar-refractivity contribution in [1.82, 2.24) is 4.72 Å². The molecule has 1 N–H and O–H groups in total. The van der Waals surface area contributed by atoms with Gasteiger partial charge >= 0.3 is 0 Å². The molecule has 0 atom stereocenters. The van der Waals surface area contributed by atoms with Crippen LogP contribution < -0.4 is 4.72 Å². The summed E-state index contributed by atoms with van der Waals surface area (Å²) in [6.45, 7) is 0.0368. The number of halogens is 2. The van der Waals surface area contributed by atoms with Crippen molar-refractivity contribution in [1.29, 1.82) is 5.26 Å². The number of rotatable bonds is 4. The lowest BCUT2D eigenvalue weighted by Gasteiger charge is -2.09. The van der Waals surface area contributed by atoms with Gasteiger partial charge in [0.05, 0.1) is 16.7 Å². The number of nitriles is 1. The Bertz CT molecular complexity index is 814. The van der Waals surface area contributed by atoms with Crippen LogP contribution in [0.15, 0.2) is 47.4 Å². The monoisotopic (exact) mass is 340 g/mol. The molecule has 7 heteroatoms. The molecule has 2 aromatic carbocycles. The van der Waals surface area contributed by atoms with Crippen molar-refractivity contribution in [3.05, 3.63) is 63.6 Å². The van der Waals surface area contributed by atoms with Crippen molar-refractivity contribution >= 4 is 33.2 Å². The number of benzene rings is 2. The third-order valence-corrected chi connectivity index (χ3v) is 5.01. The Balaban J connectivity index is 2.28. The van der Waals surface area contributed by atoms with Gasteiger partial charge in [0.2, 0.25) is 10.0 Å². The zero-order valence-corrected chi connectivity index (χ0v) is 13.0. The van der Waals surface area contributed by atoms with Gasteiger partial charge in [0.25, 0.3) is 0 Å². The maximum absolute atomic E-state index is 12.3. The topological polar surface area (TPSA) is 70.0 Å². The molecule has 0 fully saturated rings. The van der Waals surface area contributed by atoms with Gasteiger partial charge in [-0.1, -0.05) is 41.4 Å². The number of nitrogens with one attached hydrogen (secondary N) is 1. The largest absolute Gasteiger partial charge is 0.242 e. The zero-order valence-electron chi connectivity index (χ0n) is 10.7. The zero-order chi connectivity index (χ0) is 15.5. The number of nitrogens with zero attached hydrogens (tertiary/aromatic N) is 1. The van der Waals surface area contributed by atoms with E-state index >= 15 is 0 Å². The average molecular weight is 341 g/mol. The first-order valence-electron chi connectivity index (χ1n) is 5.87. The van der Waals surface area contributed by atoms with Crippen molar-refractivity contribution in [3.63, 3.8) is 0 Å². The Labute approximate surface area is 133 Å². The highest BCUT2D eigenvalue weighted by Gasteiger charge is 2.18. The molecule has 0 aromatic heterocycles. The van der Waals surface area contributed by atoms with Crippen LogP contribution in [0.2, 0.25) is 10.0 Å². The molecule has 0 aliphatic rings. The summed E-state index contributed by atoms with van der Waals surface area (Å²) in [6.07, 6.45) is 0. The van der Waals surface area contributed by atoms with Gasteiger partial charge in [0.15, 0.2) is 0 Å². The molecule has 0 bridgehead atoms. The van der Waals surface area contributed by atoms with Crippen LogP contribution in [0.25, 0.3) is 0 Å². The Hall–Kier alpha value is -1.58. The molecule has 0 heterocycles. The lowest BCUT2D eigenvalue weighted by molar-refractivity contribution is 0.581. The number of hydrogen-bond donors (Lipinski definition) is 1. The SMILES string of the molecule is N#Cc1ccc(Cl)c(S(=O)(=O)NCc2ccccc2Cl)c1. The molecular weight excluding hydrogens is 331 g/mol. The Morgan fingerprint density at radius 1 is 1.10 bits per heavy atom. The Morgan fingerprint density at radius 2 is 1.81 bits per heavy atom. The van der Waals surface area contributed by atoms with Crippen molar-refractivity contribution in [2.45, 2.75) is 11.4 Å². The molecule has 2 rings (SSSR count). The molecule has 0 aliphatic carbocycles. The van der Waals surface area contributed by atoms with Crippen LogP contribution in [0.3, 0.4) is 0 Å². The van der Waals surface area contributed by atoms with Crippen LogP contribution in [0, 0.1) is 11.3 Å². The minimum atomic E-state index is -3.83. The first kappa shape index (κ1) is 15.8. The van der Waals surface area contributed by atoms with Gasteiger partial charge in [-0.15, -0.1) is 0 Å². The minimum absolute atomic E-state index is 0.0368. The molecule has 0 saturated carbocycles. The molecule has 0 saturated heterocycles. The smallest absolute Gasteiger partial charge is 0.207 e. The van der Waals surface area contributed by atoms with E-state index in [2.05, 4.69) is 4.72 Å². The second kappa shape index (κ2) is 6.46. The van der Waals surface area contributed by atoms with Crippen LogP contribution >= 0.6 is 23.2 Å². The summed E-state index contributed by atoms with van der Waals surface area (Å²) in [7, 11) is -3.83. The van der Waals surface area contributed by atoms with Crippen LogP contribution in [-0.2, 0) is 16.6 Å². The third kappa shape index (κ3) is 3.74. The fraction of sp³-hybridized carbons (Fsp3) is 0.0714. The van der Waals surface area contributed by atoms with E-state index in [0.717, 1.165) is 0 Å². The quantitative estimate of drug-likeness (QED) is 0.927. The first-order valence-corrected chi connectivity index (χ1v) is 8.10. The Kier molecular flexibility index (Phi) is 4.86. The lowest BCUT2D eigenvalue weighted by atomic mass is 10.2. The summed E-state index contributed by atoms with van der Waals surface area (Å²) in [5.41, 5.74) is 0.868. The summed E-state index contributed by atoms with van der Waals surface area (Å²) >= 11 is 11.9. The second-order valence-corrected chi connectivity index (χ2v) is 6.72. The maximum Gasteiger partial charge on any atom is 0.242 e.